The average Bonchev–Trinajstić information content (AvgIpc) is 3.25. The Hall–Kier alpha value is -1.81. The first-order valence-corrected chi connectivity index (χ1v) is 9.02. The third-order valence-electron chi connectivity index (χ3n) is 4.68. The molecule has 3 atom stereocenters. The minimum absolute atomic E-state index is 0.0605. The van der Waals surface area contributed by atoms with Crippen molar-refractivity contribution in [2.75, 3.05) is 12.3 Å². The molecule has 4 heteroatoms. The lowest BCUT2D eigenvalue weighted by molar-refractivity contribution is -0.132. The second kappa shape index (κ2) is 6.00. The number of thioether (sulfide) groups is 1. The van der Waals surface area contributed by atoms with Crippen LogP contribution in [-0.2, 0) is 4.79 Å². The molecule has 1 saturated heterocycles. The van der Waals surface area contributed by atoms with Crippen LogP contribution in [0.3, 0.4) is 0 Å². The van der Waals surface area contributed by atoms with E-state index >= 15 is 0 Å². The van der Waals surface area contributed by atoms with Crippen molar-refractivity contribution in [3.05, 3.63) is 71.5 Å². The summed E-state index contributed by atoms with van der Waals surface area (Å²) < 4.78 is 14.1. The molecule has 2 aromatic rings. The minimum Gasteiger partial charge on any atom is -0.325 e. The molecule has 0 N–H and O–H groups in total. The Balaban J connectivity index is 1.52. The van der Waals surface area contributed by atoms with Crippen molar-refractivity contribution < 1.29 is 9.18 Å². The number of amides is 1. The van der Waals surface area contributed by atoms with Gasteiger partial charge in [-0.25, -0.2) is 4.39 Å². The smallest absolute Gasteiger partial charge is 0.227 e. The van der Waals surface area contributed by atoms with Gasteiger partial charge in [0.1, 0.15) is 11.2 Å². The van der Waals surface area contributed by atoms with E-state index in [0.717, 1.165) is 12.2 Å². The van der Waals surface area contributed by atoms with Crippen LogP contribution in [0.2, 0.25) is 0 Å². The molecule has 1 saturated carbocycles. The summed E-state index contributed by atoms with van der Waals surface area (Å²) in [5, 5.41) is -0.180. The lowest BCUT2D eigenvalue weighted by Crippen LogP contribution is -2.32. The molecule has 2 aliphatic rings. The van der Waals surface area contributed by atoms with Gasteiger partial charge < -0.3 is 4.90 Å². The monoisotopic (exact) mass is 327 g/mol. The fraction of sp³-hybridized carbons (Fsp3) is 0.316. The molecule has 1 amide bonds. The number of carbonyl (C=O) groups is 1. The summed E-state index contributed by atoms with van der Waals surface area (Å²) in [7, 11) is 0. The molecule has 0 aromatic heterocycles. The molecule has 2 aromatic carbocycles. The third kappa shape index (κ3) is 2.76. The van der Waals surface area contributed by atoms with Crippen molar-refractivity contribution in [1.82, 2.24) is 4.90 Å². The van der Waals surface area contributed by atoms with E-state index in [1.54, 1.807) is 23.9 Å². The molecule has 1 aliphatic heterocycles. The van der Waals surface area contributed by atoms with Crippen LogP contribution in [0.5, 0.6) is 0 Å². The largest absolute Gasteiger partial charge is 0.325 e. The maximum absolute atomic E-state index is 14.1. The van der Waals surface area contributed by atoms with Crippen molar-refractivity contribution in [3.63, 3.8) is 0 Å². The number of nitrogens with zero attached hydrogens (tertiary/aromatic N) is 1. The van der Waals surface area contributed by atoms with Crippen molar-refractivity contribution in [3.8, 4) is 0 Å². The molecular weight excluding hydrogens is 309 g/mol. The molecule has 2 nitrogen and oxygen atoms in total. The predicted molar refractivity (Wildman–Crippen MR) is 90.6 cm³/mol. The highest BCUT2D eigenvalue weighted by Crippen LogP contribution is 2.51. The Bertz CT molecular complexity index is 720. The van der Waals surface area contributed by atoms with Gasteiger partial charge in [-0.2, -0.15) is 0 Å². The van der Waals surface area contributed by atoms with Gasteiger partial charge >= 0.3 is 0 Å². The van der Waals surface area contributed by atoms with Crippen LogP contribution >= 0.6 is 11.8 Å². The van der Waals surface area contributed by atoms with Gasteiger partial charge in [-0.1, -0.05) is 48.5 Å². The summed E-state index contributed by atoms with van der Waals surface area (Å²) in [6.07, 6.45) is 0.911. The zero-order valence-electron chi connectivity index (χ0n) is 12.7. The van der Waals surface area contributed by atoms with E-state index in [1.165, 1.54) is 11.6 Å². The molecule has 0 radical (unpaired) electrons. The quantitative estimate of drug-likeness (QED) is 0.842. The first-order chi connectivity index (χ1) is 11.3. The summed E-state index contributed by atoms with van der Waals surface area (Å²) in [6, 6.07) is 17.0. The topological polar surface area (TPSA) is 20.3 Å². The number of carbonyl (C=O) groups excluding carboxylic acids is 1. The van der Waals surface area contributed by atoms with Crippen LogP contribution in [0.15, 0.2) is 54.6 Å². The number of rotatable bonds is 3. The summed E-state index contributed by atoms with van der Waals surface area (Å²) in [5.74, 6) is 1.21. The molecule has 4 rings (SSSR count). The van der Waals surface area contributed by atoms with Crippen molar-refractivity contribution in [1.29, 1.82) is 0 Å². The van der Waals surface area contributed by atoms with Gasteiger partial charge in [0.25, 0.3) is 0 Å². The summed E-state index contributed by atoms with van der Waals surface area (Å²) >= 11 is 1.65. The van der Waals surface area contributed by atoms with Crippen molar-refractivity contribution in [2.24, 2.45) is 5.92 Å². The summed E-state index contributed by atoms with van der Waals surface area (Å²) in [6.45, 7) is 0.709. The van der Waals surface area contributed by atoms with E-state index < -0.39 is 0 Å². The van der Waals surface area contributed by atoms with Gasteiger partial charge in [-0.3, -0.25) is 4.79 Å². The third-order valence-corrected chi connectivity index (χ3v) is 5.92. The van der Waals surface area contributed by atoms with Crippen molar-refractivity contribution in [2.45, 2.75) is 17.7 Å². The molecule has 2 fully saturated rings. The maximum atomic E-state index is 14.1. The van der Waals surface area contributed by atoms with Crippen LogP contribution < -0.4 is 0 Å². The molecule has 0 bridgehead atoms. The molecule has 1 aliphatic carbocycles. The Morgan fingerprint density at radius 1 is 1.09 bits per heavy atom. The van der Waals surface area contributed by atoms with Gasteiger partial charge in [-0.15, -0.1) is 11.8 Å². The Labute approximate surface area is 139 Å². The molecule has 118 valence electrons. The Morgan fingerprint density at radius 3 is 2.61 bits per heavy atom. The van der Waals surface area contributed by atoms with Gasteiger partial charge in [0, 0.05) is 23.8 Å². The minimum atomic E-state index is -0.222. The van der Waals surface area contributed by atoms with E-state index in [2.05, 4.69) is 12.1 Å². The van der Waals surface area contributed by atoms with E-state index in [9.17, 15) is 9.18 Å². The van der Waals surface area contributed by atoms with Gasteiger partial charge in [-0.05, 0) is 24.0 Å². The number of hydrogen-bond donors (Lipinski definition) is 0. The van der Waals surface area contributed by atoms with E-state index in [4.69, 9.17) is 0 Å². The van der Waals surface area contributed by atoms with Crippen LogP contribution in [-0.4, -0.2) is 23.1 Å². The molecule has 23 heavy (non-hydrogen) atoms. The van der Waals surface area contributed by atoms with Crippen LogP contribution in [0.1, 0.15) is 28.8 Å². The predicted octanol–water partition coefficient (Wildman–Crippen LogP) is 4.20. The normalized spacial score (nSPS) is 26.3. The molecule has 1 heterocycles. The highest BCUT2D eigenvalue weighted by molar-refractivity contribution is 7.99. The molecule has 0 unspecified atom stereocenters. The zero-order chi connectivity index (χ0) is 15.8. The SMILES string of the molecule is O=C([C@H]1C[C@H]1c1ccccc1)N1CCS[C@H]1c1ccccc1F. The number of hydrogen-bond acceptors (Lipinski definition) is 2. The van der Waals surface area contributed by atoms with E-state index in [0.29, 0.717) is 18.0 Å². The second-order valence-electron chi connectivity index (χ2n) is 6.14. The highest BCUT2D eigenvalue weighted by atomic mass is 32.2. The highest BCUT2D eigenvalue weighted by Gasteiger charge is 2.48. The first-order valence-electron chi connectivity index (χ1n) is 7.97. The fourth-order valence-corrected chi connectivity index (χ4v) is 4.66. The zero-order valence-corrected chi connectivity index (χ0v) is 13.5. The number of halogens is 1. The summed E-state index contributed by atoms with van der Waals surface area (Å²) in [5.41, 5.74) is 1.86. The lowest BCUT2D eigenvalue weighted by Gasteiger charge is -2.24. The fourth-order valence-electron chi connectivity index (χ4n) is 3.38. The van der Waals surface area contributed by atoms with Gasteiger partial charge in [0.2, 0.25) is 5.91 Å². The lowest BCUT2D eigenvalue weighted by atomic mass is 10.1. The van der Waals surface area contributed by atoms with Crippen LogP contribution in [0.4, 0.5) is 4.39 Å². The number of benzene rings is 2. The van der Waals surface area contributed by atoms with Crippen molar-refractivity contribution >= 4 is 17.7 Å². The van der Waals surface area contributed by atoms with Gasteiger partial charge in [0.15, 0.2) is 0 Å². The molecular formula is C19H18FNOS. The van der Waals surface area contributed by atoms with Crippen LogP contribution in [0, 0.1) is 11.7 Å². The average molecular weight is 327 g/mol. The second-order valence-corrected chi connectivity index (χ2v) is 7.32. The van der Waals surface area contributed by atoms with Crippen LogP contribution in [0.25, 0.3) is 0 Å². The first kappa shape index (κ1) is 14.8. The standard InChI is InChI=1S/C19H18FNOS/c20-17-9-5-4-8-14(17)19-21(10-11-23-19)18(22)16-12-15(16)13-6-2-1-3-7-13/h1-9,15-16,19H,10-12H2/t15-,16-,19-/m0/s1. The van der Waals surface area contributed by atoms with E-state index in [-0.39, 0.29) is 23.0 Å². The van der Waals surface area contributed by atoms with Gasteiger partial charge in [0.05, 0.1) is 0 Å². The summed E-state index contributed by atoms with van der Waals surface area (Å²) in [4.78, 5) is 14.7. The Kier molecular flexibility index (Phi) is 3.85. The van der Waals surface area contributed by atoms with E-state index in [1.807, 2.05) is 29.2 Å². The maximum Gasteiger partial charge on any atom is 0.227 e. The Morgan fingerprint density at radius 2 is 1.83 bits per heavy atom. The molecule has 0 spiro atoms.